The van der Waals surface area contributed by atoms with Gasteiger partial charge in [-0.05, 0) is 35.6 Å². The number of benzene rings is 2. The lowest BCUT2D eigenvalue weighted by Gasteiger charge is -2.13. The molecule has 5 heteroatoms. The number of methoxy groups -OCH3 is 2. The zero-order chi connectivity index (χ0) is 18.1. The van der Waals surface area contributed by atoms with Crippen molar-refractivity contribution in [2.75, 3.05) is 20.8 Å². The minimum Gasteiger partial charge on any atom is -0.493 e. The summed E-state index contributed by atoms with van der Waals surface area (Å²) in [5.74, 6) is 2.33. The van der Waals surface area contributed by atoms with Crippen molar-refractivity contribution < 1.29 is 9.47 Å². The van der Waals surface area contributed by atoms with Gasteiger partial charge in [0.15, 0.2) is 17.5 Å². The maximum absolute atomic E-state index is 5.96. The standard InChI is InChI=1S/C20H27N3O2/c1-15(17-7-5-4-6-8-17)11-12-22-20(21)23-14-16-9-10-18(24-2)19(13-16)25-3/h4-10,13,15H,11-12,14H2,1-3H3,(H3,21,22,23). The van der Waals surface area contributed by atoms with E-state index in [0.29, 0.717) is 29.9 Å². The van der Waals surface area contributed by atoms with Gasteiger partial charge < -0.3 is 20.5 Å². The van der Waals surface area contributed by atoms with Crippen LogP contribution in [0.2, 0.25) is 0 Å². The van der Waals surface area contributed by atoms with Gasteiger partial charge in [0.2, 0.25) is 0 Å². The van der Waals surface area contributed by atoms with Crippen molar-refractivity contribution in [3.8, 4) is 11.5 Å². The number of nitrogens with two attached hydrogens (primary N) is 1. The van der Waals surface area contributed by atoms with Gasteiger partial charge in [-0.2, -0.15) is 0 Å². The van der Waals surface area contributed by atoms with E-state index in [-0.39, 0.29) is 0 Å². The minimum absolute atomic E-state index is 0.454. The molecular weight excluding hydrogens is 314 g/mol. The van der Waals surface area contributed by atoms with Gasteiger partial charge in [-0.25, -0.2) is 4.99 Å². The van der Waals surface area contributed by atoms with Crippen molar-refractivity contribution in [1.29, 1.82) is 0 Å². The second-order valence-electron chi connectivity index (χ2n) is 5.92. The third-order valence-corrected chi connectivity index (χ3v) is 4.13. The molecule has 0 aromatic heterocycles. The number of hydrogen-bond donors (Lipinski definition) is 2. The molecule has 0 saturated heterocycles. The van der Waals surface area contributed by atoms with Crippen LogP contribution in [0, 0.1) is 0 Å². The molecule has 3 N–H and O–H groups in total. The Bertz CT molecular complexity index is 687. The van der Waals surface area contributed by atoms with Crippen LogP contribution in [0.15, 0.2) is 53.5 Å². The van der Waals surface area contributed by atoms with Gasteiger partial charge in [0.05, 0.1) is 20.8 Å². The Morgan fingerprint density at radius 3 is 2.48 bits per heavy atom. The number of rotatable bonds is 8. The van der Waals surface area contributed by atoms with E-state index in [1.807, 2.05) is 24.3 Å². The van der Waals surface area contributed by atoms with Gasteiger partial charge in [0.25, 0.3) is 0 Å². The third kappa shape index (κ3) is 5.71. The molecule has 0 fully saturated rings. The summed E-state index contributed by atoms with van der Waals surface area (Å²) in [4.78, 5) is 4.38. The topological polar surface area (TPSA) is 68.9 Å². The van der Waals surface area contributed by atoms with E-state index in [0.717, 1.165) is 18.5 Å². The van der Waals surface area contributed by atoms with Crippen LogP contribution in [-0.2, 0) is 6.54 Å². The molecule has 2 rings (SSSR count). The van der Waals surface area contributed by atoms with Crippen LogP contribution >= 0.6 is 0 Å². The maximum atomic E-state index is 5.96. The van der Waals surface area contributed by atoms with Crippen LogP contribution in [0.1, 0.15) is 30.4 Å². The van der Waals surface area contributed by atoms with Crippen LogP contribution in [0.5, 0.6) is 11.5 Å². The lowest BCUT2D eigenvalue weighted by molar-refractivity contribution is 0.354. The zero-order valence-corrected chi connectivity index (χ0v) is 15.2. The predicted octanol–water partition coefficient (Wildman–Crippen LogP) is 3.30. The van der Waals surface area contributed by atoms with Crippen molar-refractivity contribution in [2.45, 2.75) is 25.8 Å². The number of nitrogens with one attached hydrogen (secondary N) is 1. The molecule has 2 aromatic rings. The molecule has 0 aliphatic heterocycles. The second-order valence-corrected chi connectivity index (χ2v) is 5.92. The molecule has 5 nitrogen and oxygen atoms in total. The fourth-order valence-electron chi connectivity index (χ4n) is 2.58. The average Bonchev–Trinajstić information content (AvgIpc) is 2.66. The van der Waals surface area contributed by atoms with Crippen LogP contribution in [-0.4, -0.2) is 26.7 Å². The van der Waals surface area contributed by atoms with E-state index < -0.39 is 0 Å². The smallest absolute Gasteiger partial charge is 0.188 e. The van der Waals surface area contributed by atoms with Crippen LogP contribution in [0.4, 0.5) is 0 Å². The van der Waals surface area contributed by atoms with Gasteiger partial charge in [-0.15, -0.1) is 0 Å². The molecule has 25 heavy (non-hydrogen) atoms. The van der Waals surface area contributed by atoms with E-state index in [1.165, 1.54) is 5.56 Å². The van der Waals surface area contributed by atoms with Crippen LogP contribution < -0.4 is 20.5 Å². The normalized spacial score (nSPS) is 12.5. The Morgan fingerprint density at radius 2 is 1.80 bits per heavy atom. The fourth-order valence-corrected chi connectivity index (χ4v) is 2.58. The highest BCUT2D eigenvalue weighted by molar-refractivity contribution is 5.77. The SMILES string of the molecule is COc1ccc(CN=C(N)NCCC(C)c2ccccc2)cc1OC. The van der Waals surface area contributed by atoms with E-state index in [1.54, 1.807) is 14.2 Å². The summed E-state index contributed by atoms with van der Waals surface area (Å²) in [6.45, 7) is 3.50. The Hall–Kier alpha value is -2.69. The molecule has 0 amide bonds. The van der Waals surface area contributed by atoms with E-state index >= 15 is 0 Å². The highest BCUT2D eigenvalue weighted by Crippen LogP contribution is 2.27. The first-order chi connectivity index (χ1) is 12.1. The third-order valence-electron chi connectivity index (χ3n) is 4.13. The van der Waals surface area contributed by atoms with E-state index in [2.05, 4.69) is 41.5 Å². The van der Waals surface area contributed by atoms with E-state index in [4.69, 9.17) is 15.2 Å². The average molecular weight is 341 g/mol. The molecule has 1 unspecified atom stereocenters. The van der Waals surface area contributed by atoms with Crippen molar-refractivity contribution >= 4 is 5.96 Å². The largest absolute Gasteiger partial charge is 0.493 e. The van der Waals surface area contributed by atoms with Crippen molar-refractivity contribution in [3.63, 3.8) is 0 Å². The second kappa shape index (κ2) is 9.57. The van der Waals surface area contributed by atoms with Gasteiger partial charge >= 0.3 is 0 Å². The molecule has 0 radical (unpaired) electrons. The lowest BCUT2D eigenvalue weighted by Crippen LogP contribution is -2.32. The highest BCUT2D eigenvalue weighted by atomic mass is 16.5. The molecule has 1 atom stereocenters. The molecule has 2 aromatic carbocycles. The summed E-state index contributed by atoms with van der Waals surface area (Å²) in [5, 5.41) is 3.18. The molecule has 0 aliphatic rings. The Morgan fingerprint density at radius 1 is 1.08 bits per heavy atom. The van der Waals surface area contributed by atoms with Crippen LogP contribution in [0.3, 0.4) is 0 Å². The first-order valence-corrected chi connectivity index (χ1v) is 8.43. The zero-order valence-electron chi connectivity index (χ0n) is 15.2. The molecule has 0 spiro atoms. The summed E-state index contributed by atoms with van der Waals surface area (Å²) < 4.78 is 10.5. The summed E-state index contributed by atoms with van der Waals surface area (Å²) in [6.07, 6.45) is 0.997. The Kier molecular flexibility index (Phi) is 7.14. The van der Waals surface area contributed by atoms with Gasteiger partial charge in [0.1, 0.15) is 0 Å². The molecule has 134 valence electrons. The number of guanidine groups is 1. The van der Waals surface area contributed by atoms with Crippen molar-refractivity contribution in [2.24, 2.45) is 10.7 Å². The first kappa shape index (κ1) is 18.6. The van der Waals surface area contributed by atoms with Gasteiger partial charge in [-0.1, -0.05) is 43.3 Å². The summed E-state index contributed by atoms with van der Waals surface area (Å²) in [7, 11) is 3.24. The maximum Gasteiger partial charge on any atom is 0.188 e. The summed E-state index contributed by atoms with van der Waals surface area (Å²) >= 11 is 0. The minimum atomic E-state index is 0.454. The Balaban J connectivity index is 1.82. The van der Waals surface area contributed by atoms with Gasteiger partial charge in [-0.3, -0.25) is 0 Å². The van der Waals surface area contributed by atoms with Crippen molar-refractivity contribution in [1.82, 2.24) is 5.32 Å². The van der Waals surface area contributed by atoms with Crippen LogP contribution in [0.25, 0.3) is 0 Å². The molecule has 0 heterocycles. The molecule has 0 aliphatic carbocycles. The van der Waals surface area contributed by atoms with E-state index in [9.17, 15) is 0 Å². The predicted molar refractivity (Wildman–Crippen MR) is 102 cm³/mol. The highest BCUT2D eigenvalue weighted by Gasteiger charge is 2.06. The summed E-state index contributed by atoms with van der Waals surface area (Å²) in [5.41, 5.74) is 8.31. The summed E-state index contributed by atoms with van der Waals surface area (Å²) in [6, 6.07) is 16.2. The number of aliphatic imine (C=N–C) groups is 1. The number of ether oxygens (including phenoxy) is 2. The molecule has 0 saturated carbocycles. The lowest BCUT2D eigenvalue weighted by atomic mass is 9.98. The Labute approximate surface area is 149 Å². The number of nitrogens with zero attached hydrogens (tertiary/aromatic N) is 1. The molecule has 0 bridgehead atoms. The quantitative estimate of drug-likeness (QED) is 0.571. The monoisotopic (exact) mass is 341 g/mol. The number of hydrogen-bond acceptors (Lipinski definition) is 3. The molecular formula is C20H27N3O2. The van der Waals surface area contributed by atoms with Gasteiger partial charge in [0, 0.05) is 6.54 Å². The van der Waals surface area contributed by atoms with Crippen molar-refractivity contribution in [3.05, 3.63) is 59.7 Å². The first-order valence-electron chi connectivity index (χ1n) is 8.43. The fraction of sp³-hybridized carbons (Fsp3) is 0.350.